The summed E-state index contributed by atoms with van der Waals surface area (Å²) in [6.45, 7) is 18.3. The maximum Gasteiger partial charge on any atom is 0.0547 e. The molecule has 0 saturated heterocycles. The van der Waals surface area contributed by atoms with E-state index in [-0.39, 0.29) is 10.8 Å². The molecule has 2 aliphatic rings. The highest BCUT2D eigenvalue weighted by molar-refractivity contribution is 6.15. The number of hydrogen-bond donors (Lipinski definition) is 0. The molecule has 0 bridgehead atoms. The average molecular weight is 558 g/mol. The highest BCUT2D eigenvalue weighted by Gasteiger charge is 2.28. The van der Waals surface area contributed by atoms with Crippen molar-refractivity contribution in [2.45, 2.75) is 51.4 Å². The molecule has 0 amide bonds. The normalized spacial score (nSPS) is 20.7. The number of benzene rings is 4. The molecule has 1 nitrogen and oxygen atoms in total. The maximum absolute atomic E-state index is 4.57. The lowest BCUT2D eigenvalue weighted by Gasteiger charge is -2.29. The van der Waals surface area contributed by atoms with Gasteiger partial charge < -0.3 is 4.57 Å². The molecule has 0 atom stereocenters. The summed E-state index contributed by atoms with van der Waals surface area (Å²) < 4.78 is 2.46. The number of nitrogens with zero attached hydrogens (tertiary/aromatic N) is 1. The van der Waals surface area contributed by atoms with Crippen LogP contribution in [0.25, 0.3) is 43.8 Å². The molecule has 0 unspecified atom stereocenters. The van der Waals surface area contributed by atoms with Crippen molar-refractivity contribution in [3.8, 4) is 5.69 Å². The van der Waals surface area contributed by atoms with Gasteiger partial charge in [-0.1, -0.05) is 126 Å². The highest BCUT2D eigenvalue weighted by atomic mass is 15.0. The summed E-state index contributed by atoms with van der Waals surface area (Å²) in [5.74, 6) is 0. The van der Waals surface area contributed by atoms with E-state index in [9.17, 15) is 0 Å². The fourth-order valence-electron chi connectivity index (χ4n) is 7.07. The van der Waals surface area contributed by atoms with Gasteiger partial charge >= 0.3 is 0 Å². The van der Waals surface area contributed by atoms with Crippen molar-refractivity contribution in [2.24, 2.45) is 0 Å². The summed E-state index contributed by atoms with van der Waals surface area (Å²) in [5.41, 5.74) is 10.8. The van der Waals surface area contributed by atoms with Gasteiger partial charge in [0.25, 0.3) is 0 Å². The van der Waals surface area contributed by atoms with Crippen LogP contribution >= 0.6 is 0 Å². The van der Waals surface area contributed by atoms with Crippen molar-refractivity contribution < 1.29 is 0 Å². The fraction of sp³-hybridized carbons (Fsp3) is 0.190. The summed E-state index contributed by atoms with van der Waals surface area (Å²) in [5, 5.41) is 5.04. The average Bonchev–Trinajstić information content (AvgIpc) is 3.35. The van der Waals surface area contributed by atoms with Gasteiger partial charge in [0.05, 0.1) is 11.0 Å². The van der Waals surface area contributed by atoms with Gasteiger partial charge in [0.15, 0.2) is 0 Å². The van der Waals surface area contributed by atoms with Gasteiger partial charge in [0.2, 0.25) is 0 Å². The summed E-state index contributed by atoms with van der Waals surface area (Å²) in [6, 6.07) is 25.3. The van der Waals surface area contributed by atoms with Crippen molar-refractivity contribution in [1.29, 1.82) is 0 Å². The molecule has 4 aromatic carbocycles. The standard InChI is InChI=1S/C42H39N/c1-28-15-9-8-14-24-41(3,4)36-23-21-31-25-35-33-18-12-13-19-38(33)43(39(35)27-34(31)40(28)36)32-22-20-30-17-11-7-10-16-29(2)42(5,6)37(30)26-32/h7-16,18-23,25-27H,1-2,17,24H2,3-6H3/b11-7-,14-8-,15-9-,16-10-. The molecule has 7 rings (SSSR count). The Balaban J connectivity index is 1.56. The van der Waals surface area contributed by atoms with Crippen LogP contribution < -0.4 is 0 Å². The van der Waals surface area contributed by atoms with Gasteiger partial charge in [-0.25, -0.2) is 0 Å². The number of fused-ring (bicyclic) bond motifs is 7. The minimum atomic E-state index is -0.197. The van der Waals surface area contributed by atoms with Crippen LogP contribution in [-0.4, -0.2) is 4.57 Å². The third-order valence-electron chi connectivity index (χ3n) is 9.75. The van der Waals surface area contributed by atoms with Crippen LogP contribution in [0.15, 0.2) is 134 Å². The van der Waals surface area contributed by atoms with E-state index in [4.69, 9.17) is 0 Å². The van der Waals surface area contributed by atoms with Crippen LogP contribution in [0.2, 0.25) is 0 Å². The lowest BCUT2D eigenvalue weighted by Crippen LogP contribution is -2.21. The van der Waals surface area contributed by atoms with Crippen molar-refractivity contribution in [3.05, 3.63) is 156 Å². The smallest absolute Gasteiger partial charge is 0.0547 e. The molecule has 43 heavy (non-hydrogen) atoms. The second-order valence-corrected chi connectivity index (χ2v) is 13.3. The predicted octanol–water partition coefficient (Wildman–Crippen LogP) is 11.2. The number of rotatable bonds is 1. The molecular formula is C42H39N. The Morgan fingerprint density at radius 2 is 1.47 bits per heavy atom. The molecule has 1 heterocycles. The molecule has 1 aromatic heterocycles. The molecule has 0 aliphatic heterocycles. The third-order valence-corrected chi connectivity index (χ3v) is 9.75. The number of aromatic nitrogens is 1. The summed E-state index contributed by atoms with van der Waals surface area (Å²) in [6.07, 6.45) is 19.2. The highest BCUT2D eigenvalue weighted by Crippen LogP contribution is 2.43. The van der Waals surface area contributed by atoms with Gasteiger partial charge in [-0.15, -0.1) is 0 Å². The van der Waals surface area contributed by atoms with Crippen molar-refractivity contribution in [1.82, 2.24) is 4.57 Å². The molecule has 0 N–H and O–H groups in total. The number of para-hydroxylation sites is 1. The van der Waals surface area contributed by atoms with Gasteiger partial charge in [0, 0.05) is 21.9 Å². The molecule has 212 valence electrons. The van der Waals surface area contributed by atoms with Crippen LogP contribution in [0.4, 0.5) is 0 Å². The Bertz CT molecular complexity index is 2100. The lowest BCUT2D eigenvalue weighted by atomic mass is 9.75. The van der Waals surface area contributed by atoms with Gasteiger partial charge in [-0.2, -0.15) is 0 Å². The zero-order chi connectivity index (χ0) is 29.9. The summed E-state index contributed by atoms with van der Waals surface area (Å²) >= 11 is 0. The number of hydrogen-bond acceptors (Lipinski definition) is 0. The fourth-order valence-corrected chi connectivity index (χ4v) is 7.07. The first-order chi connectivity index (χ1) is 20.7. The largest absolute Gasteiger partial charge is 0.309 e. The van der Waals surface area contributed by atoms with Crippen LogP contribution in [0.3, 0.4) is 0 Å². The molecule has 0 spiro atoms. The van der Waals surface area contributed by atoms with E-state index in [1.165, 1.54) is 60.5 Å². The van der Waals surface area contributed by atoms with E-state index in [1.807, 2.05) is 0 Å². The zero-order valence-corrected chi connectivity index (χ0v) is 25.7. The number of allylic oxidation sites excluding steroid dienone is 10. The van der Waals surface area contributed by atoms with Crippen molar-refractivity contribution in [2.75, 3.05) is 0 Å². The third kappa shape index (κ3) is 4.38. The lowest BCUT2D eigenvalue weighted by molar-refractivity contribution is 0.534. The topological polar surface area (TPSA) is 4.93 Å². The Morgan fingerprint density at radius 1 is 0.674 bits per heavy atom. The van der Waals surface area contributed by atoms with E-state index in [0.29, 0.717) is 0 Å². The monoisotopic (exact) mass is 557 g/mol. The Hall–Kier alpha value is -4.62. The minimum absolute atomic E-state index is 0.0120. The molecule has 0 saturated carbocycles. The van der Waals surface area contributed by atoms with Crippen molar-refractivity contribution in [3.63, 3.8) is 0 Å². The molecule has 5 aromatic rings. The van der Waals surface area contributed by atoms with E-state index in [2.05, 4.69) is 161 Å². The molecule has 2 aliphatic carbocycles. The first-order valence-corrected chi connectivity index (χ1v) is 15.4. The second-order valence-electron chi connectivity index (χ2n) is 13.3. The molecular weight excluding hydrogens is 518 g/mol. The van der Waals surface area contributed by atoms with E-state index in [0.717, 1.165) is 24.0 Å². The van der Waals surface area contributed by atoms with Gasteiger partial charge in [0.1, 0.15) is 0 Å². The van der Waals surface area contributed by atoms with Crippen LogP contribution in [0.1, 0.15) is 56.4 Å². The molecule has 0 radical (unpaired) electrons. The van der Waals surface area contributed by atoms with Gasteiger partial charge in [-0.3, -0.25) is 0 Å². The Morgan fingerprint density at radius 3 is 2.33 bits per heavy atom. The predicted molar refractivity (Wildman–Crippen MR) is 187 cm³/mol. The van der Waals surface area contributed by atoms with Crippen LogP contribution in [0.5, 0.6) is 0 Å². The summed E-state index contributed by atoms with van der Waals surface area (Å²) in [7, 11) is 0. The Kier molecular flexibility index (Phi) is 6.32. The van der Waals surface area contributed by atoms with Crippen LogP contribution in [0, 0.1) is 0 Å². The SMILES string of the molecule is C=C1/C=C\C=C/CC(C)(C)c2ccc3cc4c5ccccc5n(-c5ccc6c(c5)C(C)(C)C(=C)/C=C\C=C/C6)c4cc3c21. The van der Waals surface area contributed by atoms with E-state index in [1.54, 1.807) is 0 Å². The first kappa shape index (κ1) is 27.2. The van der Waals surface area contributed by atoms with Crippen molar-refractivity contribution >= 4 is 38.2 Å². The van der Waals surface area contributed by atoms with E-state index < -0.39 is 0 Å². The maximum atomic E-state index is 4.57. The quantitative estimate of drug-likeness (QED) is 0.193. The first-order valence-electron chi connectivity index (χ1n) is 15.4. The zero-order valence-electron chi connectivity index (χ0n) is 25.7. The van der Waals surface area contributed by atoms with Gasteiger partial charge in [-0.05, 0) is 92.8 Å². The second kappa shape index (κ2) is 9.99. The van der Waals surface area contributed by atoms with E-state index >= 15 is 0 Å². The molecule has 1 heteroatoms. The molecule has 0 fully saturated rings. The summed E-state index contributed by atoms with van der Waals surface area (Å²) in [4.78, 5) is 0. The Labute approximate surface area is 255 Å². The van der Waals surface area contributed by atoms with Crippen LogP contribution in [-0.2, 0) is 17.3 Å². The minimum Gasteiger partial charge on any atom is -0.309 e.